The summed E-state index contributed by atoms with van der Waals surface area (Å²) in [7, 11) is -2.99. The number of aromatic nitrogens is 2. The molecule has 6 nitrogen and oxygen atoms in total. The van der Waals surface area contributed by atoms with Gasteiger partial charge in [-0.2, -0.15) is 5.10 Å². The fourth-order valence-electron chi connectivity index (χ4n) is 2.63. The molecule has 1 aromatic carbocycles. The third-order valence-corrected chi connectivity index (χ3v) is 6.53. The van der Waals surface area contributed by atoms with Crippen LogP contribution in [0.1, 0.15) is 12.1 Å². The molecule has 0 aliphatic carbocycles. The van der Waals surface area contributed by atoms with Crippen LogP contribution in [0, 0.1) is 6.92 Å². The van der Waals surface area contributed by atoms with Crippen molar-refractivity contribution in [1.29, 1.82) is 0 Å². The number of benzene rings is 1. The van der Waals surface area contributed by atoms with Crippen LogP contribution in [0.2, 0.25) is 0 Å². The number of sulfone groups is 1. The van der Waals surface area contributed by atoms with Gasteiger partial charge in [0.15, 0.2) is 9.84 Å². The number of hydrogen-bond donors (Lipinski definition) is 1. The third-order valence-electron chi connectivity index (χ3n) is 3.78. The smallest absolute Gasteiger partial charge is 0.230 e. The summed E-state index contributed by atoms with van der Waals surface area (Å²) in [5, 5.41) is 13.8. The second-order valence-electron chi connectivity index (χ2n) is 5.59. The summed E-state index contributed by atoms with van der Waals surface area (Å²) >= 11 is 1.31. The molecule has 3 rings (SSSR count). The predicted octanol–water partition coefficient (Wildman–Crippen LogP) is 1.33. The fourth-order valence-corrected chi connectivity index (χ4v) is 5.09. The Bertz CT molecular complexity index is 852. The van der Waals surface area contributed by atoms with Crippen LogP contribution in [-0.2, 0) is 14.6 Å². The van der Waals surface area contributed by atoms with Crippen LogP contribution in [0.25, 0.3) is 10.8 Å². The maximum Gasteiger partial charge on any atom is 0.230 e. The Balaban J connectivity index is 1.65. The van der Waals surface area contributed by atoms with Gasteiger partial charge in [-0.3, -0.25) is 4.79 Å². The van der Waals surface area contributed by atoms with Gasteiger partial charge in [0.1, 0.15) is 5.03 Å². The molecule has 0 saturated carbocycles. The van der Waals surface area contributed by atoms with Crippen molar-refractivity contribution < 1.29 is 13.2 Å². The summed E-state index contributed by atoms with van der Waals surface area (Å²) in [6.07, 6.45) is 0.492. The second-order valence-corrected chi connectivity index (χ2v) is 8.79. The first-order chi connectivity index (χ1) is 10.9. The van der Waals surface area contributed by atoms with Crippen molar-refractivity contribution >= 4 is 38.3 Å². The minimum Gasteiger partial charge on any atom is -0.352 e. The van der Waals surface area contributed by atoms with E-state index in [4.69, 9.17) is 0 Å². The Morgan fingerprint density at radius 3 is 2.74 bits per heavy atom. The van der Waals surface area contributed by atoms with Crippen molar-refractivity contribution in [2.24, 2.45) is 0 Å². The van der Waals surface area contributed by atoms with Crippen LogP contribution < -0.4 is 5.32 Å². The molecule has 1 saturated heterocycles. The summed E-state index contributed by atoms with van der Waals surface area (Å²) < 4.78 is 22.8. The van der Waals surface area contributed by atoms with Crippen molar-refractivity contribution in [1.82, 2.24) is 15.5 Å². The Hall–Kier alpha value is -1.67. The maximum atomic E-state index is 12.0. The van der Waals surface area contributed by atoms with E-state index in [1.54, 1.807) is 0 Å². The van der Waals surface area contributed by atoms with Gasteiger partial charge in [0.05, 0.1) is 23.0 Å². The van der Waals surface area contributed by atoms with Crippen LogP contribution in [0.4, 0.5) is 0 Å². The van der Waals surface area contributed by atoms with Crippen LogP contribution in [0.3, 0.4) is 0 Å². The first kappa shape index (κ1) is 16.2. The van der Waals surface area contributed by atoms with Gasteiger partial charge in [0.25, 0.3) is 0 Å². The number of nitrogens with zero attached hydrogens (tertiary/aromatic N) is 2. The van der Waals surface area contributed by atoms with Crippen LogP contribution in [-0.4, -0.2) is 47.8 Å². The highest BCUT2D eigenvalue weighted by atomic mass is 32.2. The molecule has 1 amide bonds. The van der Waals surface area contributed by atoms with E-state index in [0.29, 0.717) is 11.4 Å². The quantitative estimate of drug-likeness (QED) is 0.836. The first-order valence-electron chi connectivity index (χ1n) is 7.29. The molecule has 2 heterocycles. The van der Waals surface area contributed by atoms with Gasteiger partial charge >= 0.3 is 0 Å². The van der Waals surface area contributed by atoms with E-state index in [0.717, 1.165) is 16.5 Å². The summed E-state index contributed by atoms with van der Waals surface area (Å²) in [5.74, 6) is 0.206. The van der Waals surface area contributed by atoms with Crippen LogP contribution >= 0.6 is 11.8 Å². The molecule has 0 spiro atoms. The molecule has 1 aliphatic rings. The van der Waals surface area contributed by atoms with Gasteiger partial charge in [-0.25, -0.2) is 8.42 Å². The third kappa shape index (κ3) is 3.81. The van der Waals surface area contributed by atoms with E-state index in [9.17, 15) is 13.2 Å². The predicted molar refractivity (Wildman–Crippen MR) is 90.2 cm³/mol. The average Bonchev–Trinajstić information content (AvgIpc) is 2.86. The lowest BCUT2D eigenvalue weighted by Crippen LogP contribution is -2.36. The van der Waals surface area contributed by atoms with Crippen LogP contribution in [0.5, 0.6) is 0 Å². The minimum atomic E-state index is -2.99. The molecular weight excluding hydrogens is 334 g/mol. The first-order valence-corrected chi connectivity index (χ1v) is 10.1. The lowest BCUT2D eigenvalue weighted by molar-refractivity contribution is -0.119. The number of nitrogens with one attached hydrogen (secondary N) is 1. The maximum absolute atomic E-state index is 12.0. The summed E-state index contributed by atoms with van der Waals surface area (Å²) in [5.41, 5.74) is 0.852. The van der Waals surface area contributed by atoms with Gasteiger partial charge in [-0.05, 0) is 13.3 Å². The standard InChI is InChI=1S/C15H17N3O3S2/c1-10-12-4-2-3-5-13(12)15(18-17-10)22-8-14(19)16-11-6-7-23(20,21)9-11/h2-5,11H,6-9H2,1H3,(H,16,19)/t11-/m0/s1. The molecule has 1 aromatic heterocycles. The molecule has 0 unspecified atom stereocenters. The molecular formula is C15H17N3O3S2. The zero-order valence-corrected chi connectivity index (χ0v) is 14.3. The lowest BCUT2D eigenvalue weighted by atomic mass is 10.1. The van der Waals surface area contributed by atoms with E-state index in [2.05, 4.69) is 15.5 Å². The summed E-state index contributed by atoms with van der Waals surface area (Å²) in [6, 6.07) is 7.54. The zero-order valence-electron chi connectivity index (χ0n) is 12.7. The van der Waals surface area contributed by atoms with E-state index in [-0.39, 0.29) is 29.2 Å². The fraction of sp³-hybridized carbons (Fsp3) is 0.400. The van der Waals surface area contributed by atoms with Crippen molar-refractivity contribution in [2.75, 3.05) is 17.3 Å². The summed E-state index contributed by atoms with van der Waals surface area (Å²) in [6.45, 7) is 1.90. The zero-order chi connectivity index (χ0) is 16.4. The Kier molecular flexibility index (Phi) is 4.54. The van der Waals surface area contributed by atoms with Crippen LogP contribution in [0.15, 0.2) is 29.3 Å². The van der Waals surface area contributed by atoms with E-state index in [1.165, 1.54) is 11.8 Å². The van der Waals surface area contributed by atoms with Gasteiger partial charge in [0.2, 0.25) is 5.91 Å². The average molecular weight is 351 g/mol. The molecule has 8 heteroatoms. The van der Waals surface area contributed by atoms with Gasteiger partial charge in [-0.1, -0.05) is 36.0 Å². The lowest BCUT2D eigenvalue weighted by Gasteiger charge is -2.11. The Labute approximate surface area is 139 Å². The number of thioether (sulfide) groups is 1. The normalized spacial score (nSPS) is 19.8. The number of carbonyl (C=O) groups excluding carboxylic acids is 1. The molecule has 1 atom stereocenters. The number of amides is 1. The monoisotopic (exact) mass is 351 g/mol. The van der Waals surface area contributed by atoms with E-state index >= 15 is 0 Å². The molecule has 2 aromatic rings. The van der Waals surface area contributed by atoms with Crippen molar-refractivity contribution in [3.63, 3.8) is 0 Å². The van der Waals surface area contributed by atoms with Gasteiger partial charge in [-0.15, -0.1) is 5.10 Å². The molecule has 1 N–H and O–H groups in total. The Morgan fingerprint density at radius 1 is 1.30 bits per heavy atom. The van der Waals surface area contributed by atoms with Crippen molar-refractivity contribution in [3.8, 4) is 0 Å². The summed E-state index contributed by atoms with van der Waals surface area (Å²) in [4.78, 5) is 12.0. The van der Waals surface area contributed by atoms with Crippen molar-refractivity contribution in [2.45, 2.75) is 24.4 Å². The highest BCUT2D eigenvalue weighted by molar-refractivity contribution is 8.00. The molecule has 0 radical (unpaired) electrons. The highest BCUT2D eigenvalue weighted by Crippen LogP contribution is 2.26. The van der Waals surface area contributed by atoms with E-state index < -0.39 is 9.84 Å². The van der Waals surface area contributed by atoms with E-state index in [1.807, 2.05) is 31.2 Å². The number of aryl methyl sites for hydroxylation is 1. The largest absolute Gasteiger partial charge is 0.352 e. The molecule has 1 fully saturated rings. The van der Waals surface area contributed by atoms with Crippen molar-refractivity contribution in [3.05, 3.63) is 30.0 Å². The molecule has 1 aliphatic heterocycles. The van der Waals surface area contributed by atoms with Gasteiger partial charge < -0.3 is 5.32 Å². The molecule has 23 heavy (non-hydrogen) atoms. The SMILES string of the molecule is Cc1nnc(SCC(=O)N[C@H]2CCS(=O)(=O)C2)c2ccccc12. The highest BCUT2D eigenvalue weighted by Gasteiger charge is 2.28. The number of carbonyl (C=O) groups is 1. The Morgan fingerprint density at radius 2 is 2.04 bits per heavy atom. The topological polar surface area (TPSA) is 89.0 Å². The number of rotatable bonds is 4. The van der Waals surface area contributed by atoms with Gasteiger partial charge in [0, 0.05) is 16.8 Å². The minimum absolute atomic E-state index is 0.0384. The second kappa shape index (κ2) is 6.45. The molecule has 122 valence electrons. The molecule has 0 bridgehead atoms. The number of hydrogen-bond acceptors (Lipinski definition) is 6. The number of fused-ring (bicyclic) bond motifs is 1.